The van der Waals surface area contributed by atoms with Crippen molar-refractivity contribution in [1.82, 2.24) is 9.97 Å². The minimum atomic E-state index is -0.446. The Morgan fingerprint density at radius 1 is 1.40 bits per heavy atom. The van der Waals surface area contributed by atoms with Gasteiger partial charge < -0.3 is 15.2 Å². The van der Waals surface area contributed by atoms with Crippen molar-refractivity contribution < 1.29 is 14.2 Å². The normalized spacial score (nSPS) is 12.4. The van der Waals surface area contributed by atoms with E-state index in [0.29, 0.717) is 35.6 Å². The molecule has 0 spiro atoms. The molecule has 1 atom stereocenters. The summed E-state index contributed by atoms with van der Waals surface area (Å²) in [6.07, 6.45) is 2.11. The van der Waals surface area contributed by atoms with Gasteiger partial charge in [0, 0.05) is 24.6 Å². The van der Waals surface area contributed by atoms with Gasteiger partial charge in [-0.3, -0.25) is 0 Å². The van der Waals surface area contributed by atoms with E-state index in [4.69, 9.17) is 9.84 Å². The van der Waals surface area contributed by atoms with Crippen LogP contribution in [0.15, 0.2) is 18.5 Å². The molecule has 108 valence electrons. The number of halogens is 1. The number of aliphatic hydroxyl groups is 1. The lowest BCUT2D eigenvalue weighted by atomic mass is 10.1. The second-order valence-corrected chi connectivity index (χ2v) is 4.72. The maximum Gasteiger partial charge on any atom is 0.167 e. The van der Waals surface area contributed by atoms with E-state index >= 15 is 0 Å². The number of nitrogens with zero attached hydrogens (tertiary/aromatic N) is 2. The van der Waals surface area contributed by atoms with Crippen molar-refractivity contribution in [3.8, 4) is 5.75 Å². The number of aromatic nitrogens is 2. The third-order valence-electron chi connectivity index (χ3n) is 3.15. The Morgan fingerprint density at radius 3 is 2.90 bits per heavy atom. The number of hydrogen-bond acceptors (Lipinski definition) is 5. The first-order valence-corrected chi connectivity index (χ1v) is 6.48. The van der Waals surface area contributed by atoms with Crippen LogP contribution in [0.25, 0.3) is 10.9 Å². The summed E-state index contributed by atoms with van der Waals surface area (Å²) in [5, 5.41) is 12.8. The van der Waals surface area contributed by atoms with Crippen LogP contribution < -0.4 is 10.1 Å². The van der Waals surface area contributed by atoms with Crippen LogP contribution in [-0.4, -0.2) is 35.3 Å². The van der Waals surface area contributed by atoms with Gasteiger partial charge in [0.2, 0.25) is 0 Å². The molecule has 0 aliphatic heterocycles. The van der Waals surface area contributed by atoms with E-state index in [1.54, 1.807) is 6.07 Å². The summed E-state index contributed by atoms with van der Waals surface area (Å²) in [5.74, 6) is 0.669. The highest BCUT2D eigenvalue weighted by atomic mass is 19.1. The van der Waals surface area contributed by atoms with Crippen LogP contribution in [0, 0.1) is 11.7 Å². The van der Waals surface area contributed by atoms with Crippen molar-refractivity contribution in [3.05, 3.63) is 24.3 Å². The first-order chi connectivity index (χ1) is 9.65. The third kappa shape index (κ3) is 3.14. The zero-order valence-corrected chi connectivity index (χ0v) is 11.6. The summed E-state index contributed by atoms with van der Waals surface area (Å²) in [4.78, 5) is 8.24. The predicted molar refractivity (Wildman–Crippen MR) is 75.4 cm³/mol. The minimum absolute atomic E-state index is 0.159. The molecule has 1 unspecified atom stereocenters. The van der Waals surface area contributed by atoms with Gasteiger partial charge in [0.05, 0.1) is 12.6 Å². The van der Waals surface area contributed by atoms with Crippen LogP contribution in [0.2, 0.25) is 0 Å². The lowest BCUT2D eigenvalue weighted by Gasteiger charge is -2.13. The number of aliphatic hydroxyl groups excluding tert-OH is 1. The molecule has 0 bridgehead atoms. The predicted octanol–water partition coefficient (Wildman–Crippen LogP) is 2.21. The van der Waals surface area contributed by atoms with E-state index in [0.717, 1.165) is 0 Å². The van der Waals surface area contributed by atoms with E-state index in [1.165, 1.54) is 19.5 Å². The Labute approximate surface area is 116 Å². The molecule has 0 aliphatic rings. The largest absolute Gasteiger partial charge is 0.494 e. The third-order valence-corrected chi connectivity index (χ3v) is 3.15. The van der Waals surface area contributed by atoms with Gasteiger partial charge >= 0.3 is 0 Å². The number of rotatable bonds is 6. The molecule has 2 aromatic rings. The standard InChI is InChI=1S/C14H18FN3O2/c1-9(3-4-19)7-16-14-10-5-13(20-2)11(15)6-12(10)17-8-18-14/h5-6,8-9,19H,3-4,7H2,1-2H3,(H,16,17,18). The number of benzene rings is 1. The monoisotopic (exact) mass is 279 g/mol. The van der Waals surface area contributed by atoms with Crippen molar-refractivity contribution in [2.24, 2.45) is 5.92 Å². The fourth-order valence-corrected chi connectivity index (χ4v) is 1.95. The van der Waals surface area contributed by atoms with Crippen LogP contribution in [0.1, 0.15) is 13.3 Å². The van der Waals surface area contributed by atoms with Crippen LogP contribution in [0.5, 0.6) is 5.75 Å². The maximum atomic E-state index is 13.6. The Morgan fingerprint density at radius 2 is 2.20 bits per heavy atom. The van der Waals surface area contributed by atoms with Crippen molar-refractivity contribution in [2.45, 2.75) is 13.3 Å². The summed E-state index contributed by atoms with van der Waals surface area (Å²) >= 11 is 0. The highest BCUT2D eigenvalue weighted by molar-refractivity contribution is 5.90. The molecule has 0 amide bonds. The Bertz CT molecular complexity index is 592. The van der Waals surface area contributed by atoms with Gasteiger partial charge in [-0.1, -0.05) is 6.92 Å². The van der Waals surface area contributed by atoms with Crippen molar-refractivity contribution in [3.63, 3.8) is 0 Å². The first-order valence-electron chi connectivity index (χ1n) is 6.48. The molecular weight excluding hydrogens is 261 g/mol. The van der Waals surface area contributed by atoms with Gasteiger partial charge in [-0.25, -0.2) is 14.4 Å². The van der Waals surface area contributed by atoms with Gasteiger partial charge in [0.1, 0.15) is 12.1 Å². The van der Waals surface area contributed by atoms with E-state index in [1.807, 2.05) is 6.92 Å². The fourth-order valence-electron chi connectivity index (χ4n) is 1.95. The Balaban J connectivity index is 2.28. The molecule has 0 saturated carbocycles. The molecule has 2 N–H and O–H groups in total. The van der Waals surface area contributed by atoms with Crippen LogP contribution in [0.4, 0.5) is 10.2 Å². The second-order valence-electron chi connectivity index (χ2n) is 4.72. The number of nitrogens with one attached hydrogen (secondary N) is 1. The van der Waals surface area contributed by atoms with E-state index < -0.39 is 5.82 Å². The van der Waals surface area contributed by atoms with Crippen molar-refractivity contribution in [2.75, 3.05) is 25.6 Å². The quantitative estimate of drug-likeness (QED) is 0.848. The van der Waals surface area contributed by atoms with E-state index in [-0.39, 0.29) is 12.4 Å². The number of hydrogen-bond donors (Lipinski definition) is 2. The van der Waals surface area contributed by atoms with Gasteiger partial charge in [-0.2, -0.15) is 0 Å². The molecule has 0 aliphatic carbocycles. The Hall–Kier alpha value is -1.95. The van der Waals surface area contributed by atoms with Gasteiger partial charge in [0.15, 0.2) is 11.6 Å². The Kier molecular flexibility index (Phi) is 4.68. The average Bonchev–Trinajstić information content (AvgIpc) is 2.44. The molecule has 1 heterocycles. The molecule has 1 aromatic carbocycles. The molecule has 0 radical (unpaired) electrons. The molecule has 20 heavy (non-hydrogen) atoms. The van der Waals surface area contributed by atoms with Crippen LogP contribution in [-0.2, 0) is 0 Å². The van der Waals surface area contributed by atoms with Crippen LogP contribution in [0.3, 0.4) is 0 Å². The lowest BCUT2D eigenvalue weighted by molar-refractivity contribution is 0.266. The maximum absolute atomic E-state index is 13.6. The van der Waals surface area contributed by atoms with E-state index in [9.17, 15) is 4.39 Å². The zero-order chi connectivity index (χ0) is 14.5. The molecule has 2 rings (SSSR count). The molecule has 6 heteroatoms. The van der Waals surface area contributed by atoms with E-state index in [2.05, 4.69) is 15.3 Å². The topological polar surface area (TPSA) is 67.3 Å². The molecular formula is C14H18FN3O2. The van der Waals surface area contributed by atoms with Gasteiger partial charge in [0.25, 0.3) is 0 Å². The minimum Gasteiger partial charge on any atom is -0.494 e. The number of fused-ring (bicyclic) bond motifs is 1. The van der Waals surface area contributed by atoms with Gasteiger partial charge in [-0.15, -0.1) is 0 Å². The summed E-state index contributed by atoms with van der Waals surface area (Å²) in [6, 6.07) is 2.92. The number of ether oxygens (including phenoxy) is 1. The fraction of sp³-hybridized carbons (Fsp3) is 0.429. The highest BCUT2D eigenvalue weighted by Gasteiger charge is 2.10. The summed E-state index contributed by atoms with van der Waals surface area (Å²) in [7, 11) is 1.42. The number of anilines is 1. The van der Waals surface area contributed by atoms with Crippen molar-refractivity contribution >= 4 is 16.7 Å². The van der Waals surface area contributed by atoms with Crippen molar-refractivity contribution in [1.29, 1.82) is 0 Å². The molecule has 0 fully saturated rings. The number of methoxy groups -OCH3 is 1. The first kappa shape index (κ1) is 14.5. The summed E-state index contributed by atoms with van der Waals surface area (Å²) in [5.41, 5.74) is 0.524. The average molecular weight is 279 g/mol. The van der Waals surface area contributed by atoms with Gasteiger partial charge in [-0.05, 0) is 18.4 Å². The smallest absolute Gasteiger partial charge is 0.167 e. The SMILES string of the molecule is COc1cc2c(NCC(C)CCO)ncnc2cc1F. The highest BCUT2D eigenvalue weighted by Crippen LogP contribution is 2.27. The summed E-state index contributed by atoms with van der Waals surface area (Å²) in [6.45, 7) is 2.87. The second kappa shape index (κ2) is 6.47. The molecule has 1 aromatic heterocycles. The zero-order valence-electron chi connectivity index (χ0n) is 11.6. The molecule has 0 saturated heterocycles. The molecule has 5 nitrogen and oxygen atoms in total. The summed E-state index contributed by atoms with van der Waals surface area (Å²) < 4.78 is 18.6. The van der Waals surface area contributed by atoms with Crippen LogP contribution >= 0.6 is 0 Å². The lowest BCUT2D eigenvalue weighted by Crippen LogP contribution is -2.13.